The molecule has 0 saturated heterocycles. The van der Waals surface area contributed by atoms with E-state index in [1.807, 2.05) is 6.07 Å². The fraction of sp³-hybridized carbons (Fsp3) is 0.182. The summed E-state index contributed by atoms with van der Waals surface area (Å²) in [6, 6.07) is 6.89. The first-order valence-corrected chi connectivity index (χ1v) is 4.43. The summed E-state index contributed by atoms with van der Waals surface area (Å²) in [6.45, 7) is 1.68. The van der Waals surface area contributed by atoms with Crippen LogP contribution in [0.4, 0.5) is 0 Å². The molecule has 1 unspecified atom stereocenters. The first-order valence-electron chi connectivity index (χ1n) is 4.43. The third kappa shape index (κ3) is 1.54. The molecule has 1 heterocycles. The van der Waals surface area contributed by atoms with Crippen molar-refractivity contribution in [2.24, 2.45) is 0 Å². The number of pyridine rings is 1. The molecular weight excluding hydrogens is 178 g/mol. The van der Waals surface area contributed by atoms with Crippen LogP contribution in [0.2, 0.25) is 0 Å². The number of phenols is 1. The first kappa shape index (κ1) is 8.97. The standard InChI is InChI=1S/C11H11NO2/c1-7(13)11-5-8-2-3-10(14)4-9(8)6-12-11/h2-7,13-14H,1H3. The van der Waals surface area contributed by atoms with Crippen LogP contribution in [0, 0.1) is 0 Å². The molecule has 0 radical (unpaired) electrons. The summed E-state index contributed by atoms with van der Waals surface area (Å²) in [4.78, 5) is 4.09. The van der Waals surface area contributed by atoms with Gasteiger partial charge < -0.3 is 10.2 Å². The average molecular weight is 189 g/mol. The fourth-order valence-electron chi connectivity index (χ4n) is 1.37. The Morgan fingerprint density at radius 3 is 2.71 bits per heavy atom. The number of benzene rings is 1. The van der Waals surface area contributed by atoms with Crippen molar-refractivity contribution in [1.29, 1.82) is 0 Å². The van der Waals surface area contributed by atoms with Gasteiger partial charge in [0.05, 0.1) is 11.8 Å². The van der Waals surface area contributed by atoms with Crippen molar-refractivity contribution >= 4 is 10.8 Å². The van der Waals surface area contributed by atoms with Gasteiger partial charge in [0.25, 0.3) is 0 Å². The van der Waals surface area contributed by atoms with Crippen molar-refractivity contribution in [3.05, 3.63) is 36.2 Å². The van der Waals surface area contributed by atoms with Gasteiger partial charge in [-0.05, 0) is 30.5 Å². The van der Waals surface area contributed by atoms with E-state index < -0.39 is 6.10 Å². The molecule has 0 aliphatic rings. The van der Waals surface area contributed by atoms with Gasteiger partial charge in [0.1, 0.15) is 5.75 Å². The van der Waals surface area contributed by atoms with Crippen LogP contribution in [0.5, 0.6) is 5.75 Å². The molecule has 2 aromatic rings. The summed E-state index contributed by atoms with van der Waals surface area (Å²) in [5.41, 5.74) is 0.642. The van der Waals surface area contributed by atoms with Crippen molar-refractivity contribution in [2.75, 3.05) is 0 Å². The number of phenolic OH excluding ortho intramolecular Hbond substituents is 1. The lowest BCUT2D eigenvalue weighted by atomic mass is 10.1. The second-order valence-electron chi connectivity index (χ2n) is 3.32. The van der Waals surface area contributed by atoms with Crippen LogP contribution in [0.15, 0.2) is 30.5 Å². The van der Waals surface area contributed by atoms with Crippen LogP contribution in [0.25, 0.3) is 10.8 Å². The lowest BCUT2D eigenvalue weighted by Crippen LogP contribution is -1.94. The van der Waals surface area contributed by atoms with Gasteiger partial charge in [-0.1, -0.05) is 6.07 Å². The summed E-state index contributed by atoms with van der Waals surface area (Å²) in [5, 5.41) is 20.4. The Hall–Kier alpha value is -1.61. The van der Waals surface area contributed by atoms with E-state index >= 15 is 0 Å². The predicted octanol–water partition coefficient (Wildman–Crippen LogP) is 1.99. The Labute approximate surface area is 81.7 Å². The lowest BCUT2D eigenvalue weighted by Gasteiger charge is -2.05. The number of aliphatic hydroxyl groups excluding tert-OH is 1. The molecule has 72 valence electrons. The third-order valence-corrected chi connectivity index (χ3v) is 2.15. The van der Waals surface area contributed by atoms with E-state index in [1.54, 1.807) is 31.3 Å². The summed E-state index contributed by atoms with van der Waals surface area (Å²) in [5.74, 6) is 0.226. The van der Waals surface area contributed by atoms with Gasteiger partial charge in [0.2, 0.25) is 0 Å². The largest absolute Gasteiger partial charge is 0.508 e. The Kier molecular flexibility index (Phi) is 2.09. The van der Waals surface area contributed by atoms with Crippen molar-refractivity contribution in [3.8, 4) is 5.75 Å². The van der Waals surface area contributed by atoms with Gasteiger partial charge in [-0.3, -0.25) is 4.98 Å². The number of hydrogen-bond acceptors (Lipinski definition) is 3. The van der Waals surface area contributed by atoms with Crippen LogP contribution in [-0.4, -0.2) is 15.2 Å². The highest BCUT2D eigenvalue weighted by Gasteiger charge is 2.03. The maximum Gasteiger partial charge on any atom is 0.116 e. The van der Waals surface area contributed by atoms with Crippen molar-refractivity contribution in [3.63, 3.8) is 0 Å². The van der Waals surface area contributed by atoms with Gasteiger partial charge >= 0.3 is 0 Å². The zero-order valence-corrected chi connectivity index (χ0v) is 7.81. The zero-order chi connectivity index (χ0) is 10.1. The second kappa shape index (κ2) is 3.27. The topological polar surface area (TPSA) is 53.4 Å². The van der Waals surface area contributed by atoms with Gasteiger partial charge in [0.15, 0.2) is 0 Å². The molecule has 0 bridgehead atoms. The SMILES string of the molecule is CC(O)c1cc2ccc(O)cc2cn1. The van der Waals surface area contributed by atoms with Gasteiger partial charge in [-0.2, -0.15) is 0 Å². The van der Waals surface area contributed by atoms with Crippen molar-refractivity contribution < 1.29 is 10.2 Å². The van der Waals surface area contributed by atoms with E-state index in [1.165, 1.54) is 0 Å². The van der Waals surface area contributed by atoms with Crippen LogP contribution in [0.1, 0.15) is 18.7 Å². The molecule has 0 aliphatic carbocycles. The van der Waals surface area contributed by atoms with Crippen molar-refractivity contribution in [1.82, 2.24) is 4.98 Å². The molecule has 0 saturated carbocycles. The molecule has 1 atom stereocenters. The minimum absolute atomic E-state index is 0.226. The molecule has 0 spiro atoms. The highest BCUT2D eigenvalue weighted by atomic mass is 16.3. The van der Waals surface area contributed by atoms with E-state index in [0.717, 1.165) is 10.8 Å². The highest BCUT2D eigenvalue weighted by molar-refractivity contribution is 5.83. The van der Waals surface area contributed by atoms with Gasteiger partial charge in [-0.15, -0.1) is 0 Å². The van der Waals surface area contributed by atoms with Crippen LogP contribution < -0.4 is 0 Å². The molecule has 0 fully saturated rings. The molecule has 1 aromatic heterocycles. The number of aliphatic hydroxyl groups is 1. The summed E-state index contributed by atoms with van der Waals surface area (Å²) in [6.07, 6.45) is 1.09. The van der Waals surface area contributed by atoms with Crippen LogP contribution >= 0.6 is 0 Å². The van der Waals surface area contributed by atoms with Gasteiger partial charge in [-0.25, -0.2) is 0 Å². The van der Waals surface area contributed by atoms with E-state index in [9.17, 15) is 10.2 Å². The van der Waals surface area contributed by atoms with Crippen molar-refractivity contribution in [2.45, 2.75) is 13.0 Å². The number of rotatable bonds is 1. The molecular formula is C11H11NO2. The maximum absolute atomic E-state index is 9.33. The number of fused-ring (bicyclic) bond motifs is 1. The molecule has 2 rings (SSSR count). The quantitative estimate of drug-likeness (QED) is 0.721. The Balaban J connectivity index is 2.62. The lowest BCUT2D eigenvalue weighted by molar-refractivity contribution is 0.194. The van der Waals surface area contributed by atoms with Crippen LogP contribution in [0.3, 0.4) is 0 Å². The fourth-order valence-corrected chi connectivity index (χ4v) is 1.37. The van der Waals surface area contributed by atoms with E-state index in [0.29, 0.717) is 5.69 Å². The number of hydrogen-bond donors (Lipinski definition) is 2. The smallest absolute Gasteiger partial charge is 0.116 e. The summed E-state index contributed by atoms with van der Waals surface area (Å²) >= 11 is 0. The summed E-state index contributed by atoms with van der Waals surface area (Å²) < 4.78 is 0. The average Bonchev–Trinajstić information content (AvgIpc) is 2.16. The van der Waals surface area contributed by atoms with E-state index in [4.69, 9.17) is 0 Å². The third-order valence-electron chi connectivity index (χ3n) is 2.15. The molecule has 3 nitrogen and oxygen atoms in total. The Bertz CT molecular complexity index is 466. The Morgan fingerprint density at radius 2 is 2.00 bits per heavy atom. The molecule has 3 heteroatoms. The molecule has 14 heavy (non-hydrogen) atoms. The van der Waals surface area contributed by atoms with E-state index in [2.05, 4.69) is 4.98 Å². The predicted molar refractivity (Wildman–Crippen MR) is 54.0 cm³/mol. The summed E-state index contributed by atoms with van der Waals surface area (Å²) in [7, 11) is 0. The van der Waals surface area contributed by atoms with E-state index in [-0.39, 0.29) is 5.75 Å². The monoisotopic (exact) mass is 189 g/mol. The first-order chi connectivity index (χ1) is 6.66. The highest BCUT2D eigenvalue weighted by Crippen LogP contribution is 2.21. The number of aromatic hydroxyl groups is 1. The maximum atomic E-state index is 9.33. The normalized spacial score (nSPS) is 13.0. The number of nitrogens with zero attached hydrogens (tertiary/aromatic N) is 1. The second-order valence-corrected chi connectivity index (χ2v) is 3.32. The van der Waals surface area contributed by atoms with Gasteiger partial charge in [0, 0.05) is 11.6 Å². The Morgan fingerprint density at radius 1 is 1.21 bits per heavy atom. The minimum atomic E-state index is -0.562. The molecule has 0 amide bonds. The van der Waals surface area contributed by atoms with Crippen LogP contribution in [-0.2, 0) is 0 Å². The molecule has 2 N–H and O–H groups in total. The zero-order valence-electron chi connectivity index (χ0n) is 7.81. The molecule has 1 aromatic carbocycles. The number of aromatic nitrogens is 1. The minimum Gasteiger partial charge on any atom is -0.508 e. The molecule has 0 aliphatic heterocycles.